The Kier molecular flexibility index (Phi) is 2.55. The summed E-state index contributed by atoms with van der Waals surface area (Å²) < 4.78 is 7.10. The second-order valence-corrected chi connectivity index (χ2v) is 3.67. The summed E-state index contributed by atoms with van der Waals surface area (Å²) in [4.78, 5) is 4.07. The largest absolute Gasteiger partial charge is 0.359 e. The molecule has 0 radical (unpaired) electrons. The van der Waals surface area contributed by atoms with E-state index in [1.807, 2.05) is 24.5 Å². The van der Waals surface area contributed by atoms with Crippen molar-refractivity contribution in [3.05, 3.63) is 35.7 Å². The molecule has 0 aliphatic carbocycles. The standard InChI is InChI=1S/C10H14N4O/c1-7-3-9(15-13-7)5-14-6-12-4-10(14)8(2)11/h3-4,6,8H,5,11H2,1-2H3/t8-/m0/s1. The van der Waals surface area contributed by atoms with E-state index in [2.05, 4.69) is 10.1 Å². The maximum atomic E-state index is 5.81. The zero-order valence-electron chi connectivity index (χ0n) is 8.84. The summed E-state index contributed by atoms with van der Waals surface area (Å²) >= 11 is 0. The van der Waals surface area contributed by atoms with Gasteiger partial charge in [0.1, 0.15) is 0 Å². The van der Waals surface area contributed by atoms with Gasteiger partial charge in [-0.2, -0.15) is 0 Å². The van der Waals surface area contributed by atoms with Crippen molar-refractivity contribution in [3.63, 3.8) is 0 Å². The van der Waals surface area contributed by atoms with Gasteiger partial charge in [0, 0.05) is 18.3 Å². The lowest BCUT2D eigenvalue weighted by molar-refractivity contribution is 0.371. The fourth-order valence-electron chi connectivity index (χ4n) is 1.50. The van der Waals surface area contributed by atoms with E-state index in [9.17, 15) is 0 Å². The van der Waals surface area contributed by atoms with Crippen molar-refractivity contribution in [1.82, 2.24) is 14.7 Å². The van der Waals surface area contributed by atoms with Gasteiger partial charge in [0.15, 0.2) is 5.76 Å². The number of aromatic nitrogens is 3. The molecule has 5 nitrogen and oxygen atoms in total. The third-order valence-corrected chi connectivity index (χ3v) is 2.21. The molecule has 0 saturated carbocycles. The van der Waals surface area contributed by atoms with E-state index < -0.39 is 0 Å². The molecular formula is C10H14N4O. The molecule has 5 heteroatoms. The average Bonchev–Trinajstić information content (AvgIpc) is 2.75. The minimum absolute atomic E-state index is 0.0310. The van der Waals surface area contributed by atoms with Gasteiger partial charge in [0.2, 0.25) is 0 Å². The molecule has 0 aliphatic heterocycles. The van der Waals surface area contributed by atoms with Crippen LogP contribution in [0.25, 0.3) is 0 Å². The molecule has 0 amide bonds. The highest BCUT2D eigenvalue weighted by molar-refractivity contribution is 5.08. The predicted octanol–water partition coefficient (Wildman–Crippen LogP) is 1.25. The molecule has 0 aromatic carbocycles. The smallest absolute Gasteiger partial charge is 0.156 e. The molecular weight excluding hydrogens is 192 g/mol. The SMILES string of the molecule is Cc1cc(Cn2cncc2[C@H](C)N)on1. The van der Waals surface area contributed by atoms with E-state index in [0.717, 1.165) is 17.1 Å². The Hall–Kier alpha value is -1.62. The van der Waals surface area contributed by atoms with Crippen molar-refractivity contribution in [2.24, 2.45) is 5.73 Å². The highest BCUT2D eigenvalue weighted by Crippen LogP contribution is 2.12. The highest BCUT2D eigenvalue weighted by Gasteiger charge is 2.09. The Labute approximate surface area is 87.9 Å². The van der Waals surface area contributed by atoms with Crippen molar-refractivity contribution in [1.29, 1.82) is 0 Å². The molecule has 1 atom stereocenters. The first-order chi connectivity index (χ1) is 7.16. The minimum atomic E-state index is -0.0310. The van der Waals surface area contributed by atoms with Gasteiger partial charge < -0.3 is 14.8 Å². The van der Waals surface area contributed by atoms with Gasteiger partial charge in [0.25, 0.3) is 0 Å². The van der Waals surface area contributed by atoms with Crippen LogP contribution in [0, 0.1) is 6.92 Å². The van der Waals surface area contributed by atoms with Crippen molar-refractivity contribution >= 4 is 0 Å². The fraction of sp³-hybridized carbons (Fsp3) is 0.400. The van der Waals surface area contributed by atoms with Crippen molar-refractivity contribution in [2.45, 2.75) is 26.4 Å². The maximum absolute atomic E-state index is 5.81. The summed E-state index contributed by atoms with van der Waals surface area (Å²) in [7, 11) is 0. The number of imidazole rings is 1. The number of nitrogens with zero attached hydrogens (tertiary/aromatic N) is 3. The van der Waals surface area contributed by atoms with Gasteiger partial charge in [-0.1, -0.05) is 5.16 Å². The second-order valence-electron chi connectivity index (χ2n) is 3.67. The Morgan fingerprint density at radius 2 is 2.40 bits per heavy atom. The van der Waals surface area contributed by atoms with Gasteiger partial charge in [0.05, 0.1) is 24.3 Å². The third kappa shape index (κ3) is 2.07. The zero-order valence-corrected chi connectivity index (χ0v) is 8.84. The number of hydrogen-bond acceptors (Lipinski definition) is 4. The molecule has 15 heavy (non-hydrogen) atoms. The molecule has 0 unspecified atom stereocenters. The van der Waals surface area contributed by atoms with E-state index in [1.54, 1.807) is 12.5 Å². The third-order valence-electron chi connectivity index (χ3n) is 2.21. The number of hydrogen-bond donors (Lipinski definition) is 1. The molecule has 0 fully saturated rings. The molecule has 2 heterocycles. The minimum Gasteiger partial charge on any atom is -0.359 e. The van der Waals surface area contributed by atoms with Crippen LogP contribution in [0.5, 0.6) is 0 Å². The fourth-order valence-corrected chi connectivity index (χ4v) is 1.50. The Morgan fingerprint density at radius 1 is 1.60 bits per heavy atom. The molecule has 2 N–H and O–H groups in total. The van der Waals surface area contributed by atoms with Crippen LogP contribution < -0.4 is 5.73 Å². The predicted molar refractivity (Wildman–Crippen MR) is 55.2 cm³/mol. The Bertz CT molecular complexity index is 444. The quantitative estimate of drug-likeness (QED) is 0.820. The first-order valence-electron chi connectivity index (χ1n) is 4.84. The van der Waals surface area contributed by atoms with E-state index in [0.29, 0.717) is 6.54 Å². The molecule has 2 aromatic heterocycles. The monoisotopic (exact) mass is 206 g/mol. The molecule has 0 spiro atoms. The zero-order chi connectivity index (χ0) is 10.8. The van der Waals surface area contributed by atoms with Crippen LogP contribution in [0.15, 0.2) is 23.1 Å². The van der Waals surface area contributed by atoms with E-state index in [1.165, 1.54) is 0 Å². The van der Waals surface area contributed by atoms with Gasteiger partial charge in [-0.3, -0.25) is 0 Å². The van der Waals surface area contributed by atoms with Gasteiger partial charge in [-0.15, -0.1) is 0 Å². The van der Waals surface area contributed by atoms with Crippen LogP contribution in [0.3, 0.4) is 0 Å². The van der Waals surface area contributed by atoms with Crippen molar-refractivity contribution in [3.8, 4) is 0 Å². The lowest BCUT2D eigenvalue weighted by Crippen LogP contribution is -2.12. The highest BCUT2D eigenvalue weighted by atomic mass is 16.5. The van der Waals surface area contributed by atoms with Gasteiger partial charge in [-0.05, 0) is 13.8 Å². The summed E-state index contributed by atoms with van der Waals surface area (Å²) in [5, 5.41) is 3.83. The molecule has 80 valence electrons. The average molecular weight is 206 g/mol. The summed E-state index contributed by atoms with van der Waals surface area (Å²) in [6, 6.07) is 1.88. The van der Waals surface area contributed by atoms with Gasteiger partial charge in [-0.25, -0.2) is 4.98 Å². The number of rotatable bonds is 3. The molecule has 2 rings (SSSR count). The van der Waals surface area contributed by atoms with Crippen LogP contribution in [-0.4, -0.2) is 14.7 Å². The first kappa shape index (κ1) is 9.92. The normalized spacial score (nSPS) is 13.0. The summed E-state index contributed by atoms with van der Waals surface area (Å²) in [6.45, 7) is 4.45. The van der Waals surface area contributed by atoms with Crippen molar-refractivity contribution in [2.75, 3.05) is 0 Å². The molecule has 2 aromatic rings. The lowest BCUT2D eigenvalue weighted by Gasteiger charge is -2.08. The van der Waals surface area contributed by atoms with Crippen LogP contribution in [0.4, 0.5) is 0 Å². The molecule has 0 bridgehead atoms. The summed E-state index contributed by atoms with van der Waals surface area (Å²) in [5.74, 6) is 0.812. The topological polar surface area (TPSA) is 69.9 Å². The second kappa shape index (κ2) is 3.86. The van der Waals surface area contributed by atoms with Crippen LogP contribution in [0.1, 0.15) is 30.1 Å². The summed E-state index contributed by atoms with van der Waals surface area (Å²) in [5.41, 5.74) is 7.68. The van der Waals surface area contributed by atoms with Gasteiger partial charge >= 0.3 is 0 Å². The Morgan fingerprint density at radius 3 is 3.00 bits per heavy atom. The van der Waals surface area contributed by atoms with E-state index in [4.69, 9.17) is 10.3 Å². The Balaban J connectivity index is 2.20. The van der Waals surface area contributed by atoms with Crippen LogP contribution in [-0.2, 0) is 6.54 Å². The maximum Gasteiger partial charge on any atom is 0.156 e. The number of aryl methyl sites for hydroxylation is 1. The van der Waals surface area contributed by atoms with Crippen LogP contribution >= 0.6 is 0 Å². The first-order valence-corrected chi connectivity index (χ1v) is 4.84. The number of nitrogens with two attached hydrogens (primary N) is 1. The summed E-state index contributed by atoms with van der Waals surface area (Å²) in [6.07, 6.45) is 3.52. The van der Waals surface area contributed by atoms with Crippen molar-refractivity contribution < 1.29 is 4.52 Å². The van der Waals surface area contributed by atoms with Crippen LogP contribution in [0.2, 0.25) is 0 Å². The molecule has 0 saturated heterocycles. The van der Waals surface area contributed by atoms with E-state index in [-0.39, 0.29) is 6.04 Å². The molecule has 0 aliphatic rings. The lowest BCUT2D eigenvalue weighted by atomic mass is 10.2. The van der Waals surface area contributed by atoms with E-state index >= 15 is 0 Å².